The summed E-state index contributed by atoms with van der Waals surface area (Å²) >= 11 is 0. The van der Waals surface area contributed by atoms with Crippen LogP contribution in [0.5, 0.6) is 5.75 Å². The van der Waals surface area contributed by atoms with Crippen molar-refractivity contribution in [1.29, 1.82) is 0 Å². The minimum absolute atomic E-state index is 0.00653. The van der Waals surface area contributed by atoms with Gasteiger partial charge in [-0.3, -0.25) is 4.79 Å². The molecule has 25 heavy (non-hydrogen) atoms. The predicted octanol–water partition coefficient (Wildman–Crippen LogP) is 2.52. The fraction of sp³-hybridized carbons (Fsp3) is 0.368. The number of hydrogen-bond acceptors (Lipinski definition) is 4. The van der Waals surface area contributed by atoms with Gasteiger partial charge < -0.3 is 19.3 Å². The van der Waals surface area contributed by atoms with Crippen LogP contribution in [0.15, 0.2) is 42.5 Å². The summed E-state index contributed by atoms with van der Waals surface area (Å²) in [7, 11) is 0. The fourth-order valence-corrected chi connectivity index (χ4v) is 2.91. The van der Waals surface area contributed by atoms with E-state index < -0.39 is 0 Å². The van der Waals surface area contributed by atoms with E-state index in [1.54, 1.807) is 16.7 Å². The van der Waals surface area contributed by atoms with Gasteiger partial charge in [-0.05, 0) is 18.4 Å². The van der Waals surface area contributed by atoms with Crippen molar-refractivity contribution in [3.63, 3.8) is 0 Å². The molecule has 0 saturated carbocycles. The van der Waals surface area contributed by atoms with Gasteiger partial charge in [0.2, 0.25) is 0 Å². The lowest BCUT2D eigenvalue weighted by Gasteiger charge is -2.34. The van der Waals surface area contributed by atoms with Crippen LogP contribution in [0, 0.1) is 0 Å². The molecule has 1 heterocycles. The van der Waals surface area contributed by atoms with Gasteiger partial charge in [-0.25, -0.2) is 4.79 Å². The third kappa shape index (κ3) is 4.02. The second-order valence-electron chi connectivity index (χ2n) is 5.83. The Kier molecular flexibility index (Phi) is 5.38. The summed E-state index contributed by atoms with van der Waals surface area (Å²) in [5.74, 6) is 0.632. The van der Waals surface area contributed by atoms with Gasteiger partial charge in [0.05, 0.1) is 6.61 Å². The first kappa shape index (κ1) is 17.1. The number of piperazine rings is 1. The number of hydrogen-bond donors (Lipinski definition) is 0. The van der Waals surface area contributed by atoms with Gasteiger partial charge in [-0.1, -0.05) is 36.4 Å². The summed E-state index contributed by atoms with van der Waals surface area (Å²) in [4.78, 5) is 27.4. The number of ether oxygens (including phenoxy) is 2. The molecule has 2 aromatic rings. The van der Waals surface area contributed by atoms with Crippen molar-refractivity contribution < 1.29 is 19.1 Å². The van der Waals surface area contributed by atoms with Crippen molar-refractivity contribution in [2.45, 2.75) is 6.92 Å². The van der Waals surface area contributed by atoms with Gasteiger partial charge in [0, 0.05) is 31.6 Å². The van der Waals surface area contributed by atoms with E-state index in [0.29, 0.717) is 38.5 Å². The smallest absolute Gasteiger partial charge is 0.409 e. The van der Waals surface area contributed by atoms with Gasteiger partial charge in [-0.15, -0.1) is 0 Å². The van der Waals surface area contributed by atoms with Crippen LogP contribution in [0.3, 0.4) is 0 Å². The highest BCUT2D eigenvalue weighted by Crippen LogP contribution is 2.25. The maximum Gasteiger partial charge on any atom is 0.409 e. The molecule has 0 radical (unpaired) electrons. The molecule has 2 amide bonds. The average molecular weight is 342 g/mol. The molecule has 0 unspecified atom stereocenters. The van der Waals surface area contributed by atoms with E-state index in [-0.39, 0.29) is 18.6 Å². The molecule has 1 aliphatic heterocycles. The fourth-order valence-electron chi connectivity index (χ4n) is 2.91. The summed E-state index contributed by atoms with van der Waals surface area (Å²) in [6, 6.07) is 13.7. The van der Waals surface area contributed by atoms with Crippen molar-refractivity contribution >= 4 is 22.8 Å². The number of benzene rings is 2. The Morgan fingerprint density at radius 3 is 2.40 bits per heavy atom. The maximum atomic E-state index is 12.4. The number of nitrogens with zero attached hydrogens (tertiary/aromatic N) is 2. The molecule has 0 N–H and O–H groups in total. The van der Waals surface area contributed by atoms with E-state index in [9.17, 15) is 9.59 Å². The van der Waals surface area contributed by atoms with Crippen LogP contribution >= 0.6 is 0 Å². The minimum atomic E-state index is -0.318. The second-order valence-corrected chi connectivity index (χ2v) is 5.83. The second kappa shape index (κ2) is 7.88. The Morgan fingerprint density at radius 2 is 1.64 bits per heavy atom. The number of rotatable bonds is 4. The highest BCUT2D eigenvalue weighted by Gasteiger charge is 2.25. The molecular weight excluding hydrogens is 320 g/mol. The van der Waals surface area contributed by atoms with Crippen LogP contribution in [0.2, 0.25) is 0 Å². The van der Waals surface area contributed by atoms with E-state index in [0.717, 1.165) is 10.8 Å². The van der Waals surface area contributed by atoms with Crippen LogP contribution in [-0.4, -0.2) is 61.2 Å². The van der Waals surface area contributed by atoms with Crippen molar-refractivity contribution in [2.75, 3.05) is 39.4 Å². The van der Waals surface area contributed by atoms with E-state index in [4.69, 9.17) is 9.47 Å². The topological polar surface area (TPSA) is 59.1 Å². The Labute approximate surface area is 146 Å². The lowest BCUT2D eigenvalue weighted by molar-refractivity contribution is -0.134. The quantitative estimate of drug-likeness (QED) is 0.857. The Balaban J connectivity index is 1.54. The molecule has 2 aromatic carbocycles. The standard InChI is InChI=1S/C19H22N2O4/c1-2-24-19(23)21-12-10-20(11-13-21)18(22)14-25-17-9-5-7-15-6-3-4-8-16(15)17/h3-9H,2,10-14H2,1H3. The van der Waals surface area contributed by atoms with Crippen molar-refractivity contribution in [2.24, 2.45) is 0 Å². The number of fused-ring (bicyclic) bond motifs is 1. The highest BCUT2D eigenvalue weighted by atomic mass is 16.6. The number of amides is 2. The van der Waals surface area contributed by atoms with E-state index in [1.165, 1.54) is 0 Å². The van der Waals surface area contributed by atoms with Crippen LogP contribution in [-0.2, 0) is 9.53 Å². The van der Waals surface area contributed by atoms with E-state index >= 15 is 0 Å². The summed E-state index contributed by atoms with van der Waals surface area (Å²) < 4.78 is 10.7. The zero-order valence-electron chi connectivity index (χ0n) is 14.3. The van der Waals surface area contributed by atoms with Crippen molar-refractivity contribution in [3.05, 3.63) is 42.5 Å². The highest BCUT2D eigenvalue weighted by molar-refractivity contribution is 5.88. The third-order valence-corrected chi connectivity index (χ3v) is 4.26. The molecule has 0 aliphatic carbocycles. The van der Waals surface area contributed by atoms with Crippen LogP contribution < -0.4 is 4.74 Å². The molecule has 1 aliphatic rings. The first-order valence-corrected chi connectivity index (χ1v) is 8.49. The summed E-state index contributed by atoms with van der Waals surface area (Å²) in [6.07, 6.45) is -0.318. The number of carbonyl (C=O) groups is 2. The van der Waals surface area contributed by atoms with Crippen LogP contribution in [0.25, 0.3) is 10.8 Å². The van der Waals surface area contributed by atoms with Crippen LogP contribution in [0.4, 0.5) is 4.79 Å². The lowest BCUT2D eigenvalue weighted by atomic mass is 10.1. The Hall–Kier alpha value is -2.76. The summed E-state index contributed by atoms with van der Waals surface area (Å²) in [5.41, 5.74) is 0. The molecule has 132 valence electrons. The largest absolute Gasteiger partial charge is 0.483 e. The van der Waals surface area contributed by atoms with Gasteiger partial charge >= 0.3 is 6.09 Å². The molecule has 6 heteroatoms. The van der Waals surface area contributed by atoms with Crippen molar-refractivity contribution in [1.82, 2.24) is 9.80 Å². The number of carbonyl (C=O) groups excluding carboxylic acids is 2. The van der Waals surface area contributed by atoms with Gasteiger partial charge in [0.25, 0.3) is 5.91 Å². The normalized spacial score (nSPS) is 14.4. The minimum Gasteiger partial charge on any atom is -0.483 e. The average Bonchev–Trinajstić information content (AvgIpc) is 2.66. The molecular formula is C19H22N2O4. The summed E-state index contributed by atoms with van der Waals surface area (Å²) in [6.45, 7) is 4.09. The summed E-state index contributed by atoms with van der Waals surface area (Å²) in [5, 5.41) is 2.07. The zero-order chi connectivity index (χ0) is 17.6. The molecule has 1 saturated heterocycles. The zero-order valence-corrected chi connectivity index (χ0v) is 14.3. The van der Waals surface area contributed by atoms with Gasteiger partial charge in [0.1, 0.15) is 5.75 Å². The van der Waals surface area contributed by atoms with Gasteiger partial charge in [-0.2, -0.15) is 0 Å². The Bertz CT molecular complexity index is 749. The third-order valence-electron chi connectivity index (χ3n) is 4.26. The van der Waals surface area contributed by atoms with Crippen molar-refractivity contribution in [3.8, 4) is 5.75 Å². The SMILES string of the molecule is CCOC(=O)N1CCN(C(=O)COc2cccc3ccccc23)CC1. The van der Waals surface area contributed by atoms with E-state index in [1.807, 2.05) is 42.5 Å². The maximum absolute atomic E-state index is 12.4. The molecule has 0 atom stereocenters. The predicted molar refractivity (Wildman–Crippen MR) is 94.6 cm³/mol. The monoisotopic (exact) mass is 342 g/mol. The molecule has 0 aromatic heterocycles. The molecule has 0 spiro atoms. The first-order chi connectivity index (χ1) is 12.2. The lowest BCUT2D eigenvalue weighted by Crippen LogP contribution is -2.51. The molecule has 1 fully saturated rings. The molecule has 3 rings (SSSR count). The van der Waals surface area contributed by atoms with E-state index in [2.05, 4.69) is 0 Å². The Morgan fingerprint density at radius 1 is 0.960 bits per heavy atom. The first-order valence-electron chi connectivity index (χ1n) is 8.49. The molecule has 6 nitrogen and oxygen atoms in total. The van der Waals surface area contributed by atoms with Gasteiger partial charge in [0.15, 0.2) is 6.61 Å². The van der Waals surface area contributed by atoms with Crippen LogP contribution in [0.1, 0.15) is 6.92 Å². The molecule has 0 bridgehead atoms.